The van der Waals surface area contributed by atoms with Gasteiger partial charge < -0.3 is 10.8 Å². The summed E-state index contributed by atoms with van der Waals surface area (Å²) >= 11 is 0. The molecule has 1 aliphatic carbocycles. The highest BCUT2D eigenvalue weighted by molar-refractivity contribution is 4.82. The van der Waals surface area contributed by atoms with Crippen LogP contribution in [0.2, 0.25) is 0 Å². The SMILES string of the molecule is CC(C)CC(N)C(CO)N(C)CC1CCCCC1. The number of hydrogen-bond acceptors (Lipinski definition) is 3. The second kappa shape index (κ2) is 8.13. The van der Waals surface area contributed by atoms with Crippen molar-refractivity contribution in [2.75, 3.05) is 20.2 Å². The van der Waals surface area contributed by atoms with E-state index in [1.807, 2.05) is 0 Å². The highest BCUT2D eigenvalue weighted by Gasteiger charge is 2.25. The third-order valence-electron chi connectivity index (χ3n) is 4.26. The highest BCUT2D eigenvalue weighted by atomic mass is 16.3. The zero-order chi connectivity index (χ0) is 13.5. The van der Waals surface area contributed by atoms with Crippen LogP contribution in [-0.2, 0) is 0 Å². The summed E-state index contributed by atoms with van der Waals surface area (Å²) in [4.78, 5) is 2.29. The molecule has 1 fully saturated rings. The van der Waals surface area contributed by atoms with E-state index < -0.39 is 0 Å². The number of rotatable bonds is 7. The second-order valence-electron chi connectivity index (χ2n) is 6.49. The number of likely N-dealkylation sites (N-methyl/N-ethyl adjacent to an activating group) is 1. The van der Waals surface area contributed by atoms with Gasteiger partial charge in [0.2, 0.25) is 0 Å². The maximum atomic E-state index is 9.59. The van der Waals surface area contributed by atoms with Gasteiger partial charge in [0, 0.05) is 18.6 Å². The fourth-order valence-corrected chi connectivity index (χ4v) is 3.22. The number of nitrogens with two attached hydrogens (primary N) is 1. The Labute approximate surface area is 113 Å². The lowest BCUT2D eigenvalue weighted by molar-refractivity contribution is 0.0990. The average Bonchev–Trinajstić information content (AvgIpc) is 2.30. The summed E-state index contributed by atoms with van der Waals surface area (Å²) < 4.78 is 0. The van der Waals surface area contributed by atoms with Crippen molar-refractivity contribution in [3.8, 4) is 0 Å². The molecule has 1 rings (SSSR count). The smallest absolute Gasteiger partial charge is 0.0601 e. The summed E-state index contributed by atoms with van der Waals surface area (Å²) in [6.45, 7) is 5.65. The van der Waals surface area contributed by atoms with Crippen LogP contribution in [0.15, 0.2) is 0 Å². The zero-order valence-corrected chi connectivity index (χ0v) is 12.4. The summed E-state index contributed by atoms with van der Waals surface area (Å²) in [6, 6.07) is 0.206. The van der Waals surface area contributed by atoms with Crippen LogP contribution >= 0.6 is 0 Å². The Hall–Kier alpha value is -0.120. The van der Waals surface area contributed by atoms with Crippen LogP contribution in [0.1, 0.15) is 52.4 Å². The van der Waals surface area contributed by atoms with Crippen LogP contribution in [0.4, 0.5) is 0 Å². The lowest BCUT2D eigenvalue weighted by atomic mass is 9.88. The van der Waals surface area contributed by atoms with Gasteiger partial charge in [-0.1, -0.05) is 33.1 Å². The van der Waals surface area contributed by atoms with Gasteiger partial charge in [-0.05, 0) is 38.1 Å². The molecule has 1 saturated carbocycles. The van der Waals surface area contributed by atoms with E-state index in [1.165, 1.54) is 32.1 Å². The summed E-state index contributed by atoms with van der Waals surface area (Å²) in [7, 11) is 2.12. The molecule has 3 heteroatoms. The van der Waals surface area contributed by atoms with Crippen LogP contribution < -0.4 is 5.73 Å². The number of nitrogens with zero attached hydrogens (tertiary/aromatic N) is 1. The normalized spacial score (nSPS) is 21.5. The fourth-order valence-electron chi connectivity index (χ4n) is 3.22. The molecule has 0 bridgehead atoms. The summed E-state index contributed by atoms with van der Waals surface area (Å²) in [5.41, 5.74) is 6.23. The molecule has 1 aliphatic rings. The van der Waals surface area contributed by atoms with E-state index in [2.05, 4.69) is 25.8 Å². The Balaban J connectivity index is 2.42. The summed E-state index contributed by atoms with van der Waals surface area (Å²) in [5, 5.41) is 9.59. The molecule has 0 spiro atoms. The zero-order valence-electron chi connectivity index (χ0n) is 12.4. The predicted molar refractivity (Wildman–Crippen MR) is 77.5 cm³/mol. The molecule has 0 amide bonds. The van der Waals surface area contributed by atoms with E-state index in [-0.39, 0.29) is 18.7 Å². The van der Waals surface area contributed by atoms with Crippen LogP contribution in [0.25, 0.3) is 0 Å². The van der Waals surface area contributed by atoms with Gasteiger partial charge in [0.05, 0.1) is 6.61 Å². The maximum absolute atomic E-state index is 9.59. The van der Waals surface area contributed by atoms with E-state index >= 15 is 0 Å². The third kappa shape index (κ3) is 5.25. The molecule has 0 heterocycles. The lowest BCUT2D eigenvalue weighted by Gasteiger charge is -2.35. The van der Waals surface area contributed by atoms with Gasteiger partial charge in [-0.3, -0.25) is 4.90 Å². The molecule has 2 unspecified atom stereocenters. The molecule has 0 aromatic rings. The minimum absolute atomic E-state index is 0.0867. The Morgan fingerprint density at radius 1 is 1.22 bits per heavy atom. The molecule has 3 nitrogen and oxygen atoms in total. The molecule has 108 valence electrons. The first-order valence-electron chi connectivity index (χ1n) is 7.61. The highest BCUT2D eigenvalue weighted by Crippen LogP contribution is 2.25. The standard InChI is InChI=1S/C15H32N2O/c1-12(2)9-14(16)15(11-18)17(3)10-13-7-5-4-6-8-13/h12-15,18H,4-11,16H2,1-3H3. The van der Waals surface area contributed by atoms with Crippen molar-refractivity contribution in [1.82, 2.24) is 4.90 Å². The van der Waals surface area contributed by atoms with Gasteiger partial charge in [-0.15, -0.1) is 0 Å². The molecular weight excluding hydrogens is 224 g/mol. The van der Waals surface area contributed by atoms with Gasteiger partial charge in [-0.25, -0.2) is 0 Å². The van der Waals surface area contributed by atoms with Crippen molar-refractivity contribution in [3.05, 3.63) is 0 Å². The number of hydrogen-bond donors (Lipinski definition) is 2. The van der Waals surface area contributed by atoms with Crippen LogP contribution in [-0.4, -0.2) is 42.3 Å². The first kappa shape index (κ1) is 15.9. The van der Waals surface area contributed by atoms with Crippen LogP contribution in [0, 0.1) is 11.8 Å². The molecule has 0 radical (unpaired) electrons. The summed E-state index contributed by atoms with van der Waals surface area (Å²) in [5.74, 6) is 1.40. The van der Waals surface area contributed by atoms with Gasteiger partial charge in [-0.2, -0.15) is 0 Å². The largest absolute Gasteiger partial charge is 0.395 e. The van der Waals surface area contributed by atoms with E-state index in [0.717, 1.165) is 18.9 Å². The average molecular weight is 256 g/mol. The predicted octanol–water partition coefficient (Wildman–Crippen LogP) is 2.23. The Bertz CT molecular complexity index is 215. The molecule has 0 aromatic heterocycles. The van der Waals surface area contributed by atoms with Gasteiger partial charge in [0.15, 0.2) is 0 Å². The number of aliphatic hydroxyl groups excluding tert-OH is 1. The molecule has 2 atom stereocenters. The fraction of sp³-hybridized carbons (Fsp3) is 1.00. The molecule has 0 saturated heterocycles. The minimum atomic E-state index is 0.0867. The second-order valence-corrected chi connectivity index (χ2v) is 6.49. The molecule has 3 N–H and O–H groups in total. The first-order valence-corrected chi connectivity index (χ1v) is 7.61. The monoisotopic (exact) mass is 256 g/mol. The van der Waals surface area contributed by atoms with E-state index in [4.69, 9.17) is 5.73 Å². The van der Waals surface area contributed by atoms with E-state index in [0.29, 0.717) is 5.92 Å². The van der Waals surface area contributed by atoms with Gasteiger partial charge in [0.25, 0.3) is 0 Å². The van der Waals surface area contributed by atoms with E-state index in [9.17, 15) is 5.11 Å². The van der Waals surface area contributed by atoms with Gasteiger partial charge in [0.1, 0.15) is 0 Å². The van der Waals surface area contributed by atoms with Crippen molar-refractivity contribution >= 4 is 0 Å². The Kier molecular flexibility index (Phi) is 7.20. The number of aliphatic hydroxyl groups is 1. The third-order valence-corrected chi connectivity index (χ3v) is 4.26. The Morgan fingerprint density at radius 3 is 2.33 bits per heavy atom. The van der Waals surface area contributed by atoms with Crippen molar-refractivity contribution in [2.24, 2.45) is 17.6 Å². The molecule has 18 heavy (non-hydrogen) atoms. The maximum Gasteiger partial charge on any atom is 0.0601 e. The molecule has 0 aromatic carbocycles. The van der Waals surface area contributed by atoms with Crippen molar-refractivity contribution in [2.45, 2.75) is 64.5 Å². The molecular formula is C15H32N2O. The van der Waals surface area contributed by atoms with Crippen LogP contribution in [0.3, 0.4) is 0 Å². The van der Waals surface area contributed by atoms with Gasteiger partial charge >= 0.3 is 0 Å². The minimum Gasteiger partial charge on any atom is -0.395 e. The topological polar surface area (TPSA) is 49.5 Å². The van der Waals surface area contributed by atoms with Crippen LogP contribution in [0.5, 0.6) is 0 Å². The first-order chi connectivity index (χ1) is 8.54. The quantitative estimate of drug-likeness (QED) is 0.734. The summed E-state index contributed by atoms with van der Waals surface area (Å²) in [6.07, 6.45) is 7.83. The van der Waals surface area contributed by atoms with Crippen molar-refractivity contribution in [1.29, 1.82) is 0 Å². The lowest BCUT2D eigenvalue weighted by Crippen LogP contribution is -2.50. The van der Waals surface area contributed by atoms with E-state index in [1.54, 1.807) is 0 Å². The van der Waals surface area contributed by atoms with Crippen molar-refractivity contribution in [3.63, 3.8) is 0 Å². The van der Waals surface area contributed by atoms with Crippen molar-refractivity contribution < 1.29 is 5.11 Å². The Morgan fingerprint density at radius 2 is 1.83 bits per heavy atom. The molecule has 0 aliphatic heterocycles.